The molecule has 1 aromatic carbocycles. The molecule has 1 saturated heterocycles. The van der Waals surface area contributed by atoms with Crippen molar-refractivity contribution in [3.8, 4) is 11.5 Å². The zero-order chi connectivity index (χ0) is 12.7. The third kappa shape index (κ3) is 2.19. The van der Waals surface area contributed by atoms with E-state index in [0.717, 1.165) is 43.6 Å². The monoisotopic (exact) mass is 260 g/mol. The van der Waals surface area contributed by atoms with Gasteiger partial charge in [-0.15, -0.1) is 0 Å². The van der Waals surface area contributed by atoms with Crippen molar-refractivity contribution in [2.24, 2.45) is 5.92 Å². The predicted octanol–water partition coefficient (Wildman–Crippen LogP) is 1.77. The van der Waals surface area contributed by atoms with Crippen molar-refractivity contribution in [1.29, 1.82) is 0 Å². The van der Waals surface area contributed by atoms with Crippen molar-refractivity contribution < 1.29 is 9.47 Å². The molecule has 0 bridgehead atoms. The molecule has 3 aliphatic rings. The highest BCUT2D eigenvalue weighted by Crippen LogP contribution is 2.46. The van der Waals surface area contributed by atoms with Crippen molar-refractivity contribution >= 4 is 0 Å². The summed E-state index contributed by atoms with van der Waals surface area (Å²) in [5, 5.41) is 3.44. The van der Waals surface area contributed by atoms with Crippen LogP contribution in [0.4, 0.5) is 0 Å². The third-order valence-corrected chi connectivity index (χ3v) is 4.35. The smallest absolute Gasteiger partial charge is 0.231 e. The van der Waals surface area contributed by atoms with Crippen molar-refractivity contribution in [1.82, 2.24) is 10.2 Å². The molecule has 1 saturated carbocycles. The topological polar surface area (TPSA) is 33.7 Å². The van der Waals surface area contributed by atoms with Crippen LogP contribution in [0.25, 0.3) is 0 Å². The van der Waals surface area contributed by atoms with Crippen LogP contribution in [0.1, 0.15) is 24.4 Å². The Morgan fingerprint density at radius 1 is 1.11 bits per heavy atom. The highest BCUT2D eigenvalue weighted by atomic mass is 16.7. The summed E-state index contributed by atoms with van der Waals surface area (Å²) in [4.78, 5) is 2.63. The summed E-state index contributed by atoms with van der Waals surface area (Å²) in [6, 6.07) is 7.04. The van der Waals surface area contributed by atoms with Gasteiger partial charge in [0.2, 0.25) is 6.79 Å². The number of hydrogen-bond donors (Lipinski definition) is 1. The molecule has 0 spiro atoms. The van der Waals surface area contributed by atoms with E-state index in [0.29, 0.717) is 12.8 Å². The molecule has 2 aliphatic heterocycles. The Morgan fingerprint density at radius 3 is 2.68 bits per heavy atom. The lowest BCUT2D eigenvalue weighted by molar-refractivity contribution is 0.155. The van der Waals surface area contributed by atoms with Gasteiger partial charge in [0.15, 0.2) is 11.5 Å². The average molecular weight is 260 g/mol. The predicted molar refractivity (Wildman–Crippen MR) is 72.5 cm³/mol. The van der Waals surface area contributed by atoms with Gasteiger partial charge in [0.1, 0.15) is 0 Å². The van der Waals surface area contributed by atoms with Gasteiger partial charge in [0.05, 0.1) is 0 Å². The molecular weight excluding hydrogens is 240 g/mol. The van der Waals surface area contributed by atoms with Gasteiger partial charge in [-0.25, -0.2) is 0 Å². The van der Waals surface area contributed by atoms with E-state index in [9.17, 15) is 0 Å². The fourth-order valence-electron chi connectivity index (χ4n) is 3.25. The second-order valence-electron chi connectivity index (χ2n) is 5.68. The molecule has 2 fully saturated rings. The van der Waals surface area contributed by atoms with Crippen LogP contribution in [-0.2, 0) is 0 Å². The van der Waals surface area contributed by atoms with E-state index < -0.39 is 0 Å². The lowest BCUT2D eigenvalue weighted by atomic mass is 9.99. The molecule has 102 valence electrons. The number of fused-ring (bicyclic) bond motifs is 1. The molecule has 1 aromatic rings. The quantitative estimate of drug-likeness (QED) is 0.898. The minimum absolute atomic E-state index is 0.362. The van der Waals surface area contributed by atoms with Crippen LogP contribution in [0.3, 0.4) is 0 Å². The summed E-state index contributed by atoms with van der Waals surface area (Å²) in [6.07, 6.45) is 2.73. The number of ether oxygens (including phenoxy) is 2. The van der Waals surface area contributed by atoms with Crippen LogP contribution in [-0.4, -0.2) is 37.9 Å². The molecule has 19 heavy (non-hydrogen) atoms. The number of nitrogens with one attached hydrogen (secondary N) is 1. The summed E-state index contributed by atoms with van der Waals surface area (Å²) in [7, 11) is 0. The van der Waals surface area contributed by atoms with Gasteiger partial charge >= 0.3 is 0 Å². The molecular formula is C15H20N2O2. The molecule has 0 unspecified atom stereocenters. The van der Waals surface area contributed by atoms with Gasteiger partial charge in [0, 0.05) is 32.2 Å². The maximum Gasteiger partial charge on any atom is 0.231 e. The van der Waals surface area contributed by atoms with Crippen molar-refractivity contribution in [3.05, 3.63) is 23.8 Å². The number of piperazine rings is 1. The van der Waals surface area contributed by atoms with Crippen molar-refractivity contribution in [2.75, 3.05) is 33.0 Å². The van der Waals surface area contributed by atoms with E-state index in [4.69, 9.17) is 9.47 Å². The summed E-state index contributed by atoms with van der Waals surface area (Å²) in [5.74, 6) is 2.63. The summed E-state index contributed by atoms with van der Waals surface area (Å²) in [6.45, 7) is 4.87. The Labute approximate surface area is 113 Å². The number of benzene rings is 1. The minimum atomic E-state index is 0.362. The molecule has 0 aromatic heterocycles. The number of hydrogen-bond acceptors (Lipinski definition) is 4. The molecule has 2 heterocycles. The minimum Gasteiger partial charge on any atom is -0.454 e. The average Bonchev–Trinajstić information content (AvgIpc) is 3.17. The Balaban J connectivity index is 1.62. The molecule has 4 rings (SSSR count). The van der Waals surface area contributed by atoms with E-state index >= 15 is 0 Å². The Morgan fingerprint density at radius 2 is 1.89 bits per heavy atom. The highest BCUT2D eigenvalue weighted by Gasteiger charge is 2.37. The lowest BCUT2D eigenvalue weighted by Crippen LogP contribution is -2.45. The van der Waals surface area contributed by atoms with Gasteiger partial charge in [-0.05, 0) is 36.5 Å². The fraction of sp³-hybridized carbons (Fsp3) is 0.600. The first-order chi connectivity index (χ1) is 9.42. The summed E-state index contributed by atoms with van der Waals surface area (Å²) < 4.78 is 10.9. The molecule has 1 aliphatic carbocycles. The lowest BCUT2D eigenvalue weighted by Gasteiger charge is -2.35. The van der Waals surface area contributed by atoms with Gasteiger partial charge in [-0.2, -0.15) is 0 Å². The first-order valence-electron chi connectivity index (χ1n) is 7.26. The van der Waals surface area contributed by atoms with Crippen LogP contribution in [0.2, 0.25) is 0 Å². The second kappa shape index (κ2) is 4.69. The second-order valence-corrected chi connectivity index (χ2v) is 5.68. The normalized spacial score (nSPS) is 24.4. The molecule has 0 amide bonds. The van der Waals surface area contributed by atoms with Crippen molar-refractivity contribution in [3.63, 3.8) is 0 Å². The molecule has 4 nitrogen and oxygen atoms in total. The third-order valence-electron chi connectivity index (χ3n) is 4.35. The highest BCUT2D eigenvalue weighted by molar-refractivity contribution is 5.45. The molecule has 1 atom stereocenters. The zero-order valence-electron chi connectivity index (χ0n) is 11.1. The Hall–Kier alpha value is -1.26. The first kappa shape index (κ1) is 11.6. The molecule has 1 N–H and O–H groups in total. The standard InChI is InChI=1S/C15H20N2O2/c1-2-11(1)15(17-7-5-16-6-8-17)12-3-4-13-14(9-12)19-10-18-13/h3-4,9,11,15-16H,1-2,5-8,10H2/t15-/m0/s1. The zero-order valence-corrected chi connectivity index (χ0v) is 11.1. The largest absolute Gasteiger partial charge is 0.454 e. The van der Waals surface area contributed by atoms with Gasteiger partial charge < -0.3 is 14.8 Å². The molecule has 0 radical (unpaired) electrons. The van der Waals surface area contributed by atoms with Crippen LogP contribution >= 0.6 is 0 Å². The van der Waals surface area contributed by atoms with Crippen LogP contribution in [0, 0.1) is 5.92 Å². The first-order valence-corrected chi connectivity index (χ1v) is 7.26. The maximum atomic E-state index is 5.52. The number of nitrogens with zero attached hydrogens (tertiary/aromatic N) is 1. The maximum absolute atomic E-state index is 5.52. The Kier molecular flexibility index (Phi) is 2.85. The van der Waals surface area contributed by atoms with Crippen LogP contribution < -0.4 is 14.8 Å². The summed E-state index contributed by atoms with van der Waals surface area (Å²) >= 11 is 0. The Bertz CT molecular complexity index is 467. The fourth-order valence-corrected chi connectivity index (χ4v) is 3.25. The van der Waals surface area contributed by atoms with Crippen molar-refractivity contribution in [2.45, 2.75) is 18.9 Å². The van der Waals surface area contributed by atoms with Crippen LogP contribution in [0.5, 0.6) is 11.5 Å². The van der Waals surface area contributed by atoms with E-state index in [2.05, 4.69) is 28.4 Å². The van der Waals surface area contributed by atoms with E-state index in [-0.39, 0.29) is 0 Å². The summed E-state index contributed by atoms with van der Waals surface area (Å²) in [5.41, 5.74) is 1.40. The van der Waals surface area contributed by atoms with Gasteiger partial charge in [0.25, 0.3) is 0 Å². The van der Waals surface area contributed by atoms with E-state index in [1.165, 1.54) is 18.4 Å². The van der Waals surface area contributed by atoms with E-state index in [1.54, 1.807) is 0 Å². The number of rotatable bonds is 3. The van der Waals surface area contributed by atoms with Crippen LogP contribution in [0.15, 0.2) is 18.2 Å². The SMILES string of the molecule is c1cc2c(cc1[C@H](C1CC1)N1CCNCC1)OCO2. The molecule has 4 heteroatoms. The van der Waals surface area contributed by atoms with E-state index in [1.807, 2.05) is 0 Å². The van der Waals surface area contributed by atoms with Gasteiger partial charge in [-0.1, -0.05) is 6.07 Å². The van der Waals surface area contributed by atoms with Gasteiger partial charge in [-0.3, -0.25) is 4.90 Å².